The van der Waals surface area contributed by atoms with Gasteiger partial charge in [-0.3, -0.25) is 9.97 Å². The number of aryl methyl sites for hydroxylation is 3. The first kappa shape index (κ1) is 14.9. The first-order valence-corrected chi connectivity index (χ1v) is 7.06. The molecule has 3 heteroatoms. The molecule has 0 aliphatic heterocycles. The first-order valence-electron chi connectivity index (χ1n) is 7.06. The van der Waals surface area contributed by atoms with E-state index in [0.29, 0.717) is 5.57 Å². The molecule has 2 heterocycles. The van der Waals surface area contributed by atoms with E-state index in [1.165, 1.54) is 0 Å². The molecule has 106 valence electrons. The monoisotopic (exact) mass is 277 g/mol. The second-order valence-electron chi connectivity index (χ2n) is 5.22. The average Bonchev–Trinajstić information content (AvgIpc) is 2.47. The van der Waals surface area contributed by atoms with Crippen LogP contribution in [-0.2, 0) is 0 Å². The number of nitriles is 1. The van der Waals surface area contributed by atoms with Crippen LogP contribution in [0.15, 0.2) is 30.6 Å². The van der Waals surface area contributed by atoms with Gasteiger partial charge in [0, 0.05) is 12.4 Å². The van der Waals surface area contributed by atoms with Crippen LogP contribution in [0.2, 0.25) is 0 Å². The number of nitrogens with zero attached hydrogens (tertiary/aromatic N) is 3. The van der Waals surface area contributed by atoms with Gasteiger partial charge in [-0.15, -0.1) is 0 Å². The zero-order valence-electron chi connectivity index (χ0n) is 12.9. The zero-order chi connectivity index (χ0) is 15.4. The van der Waals surface area contributed by atoms with Crippen molar-refractivity contribution in [3.05, 3.63) is 58.7 Å². The summed E-state index contributed by atoms with van der Waals surface area (Å²) < 4.78 is 0. The van der Waals surface area contributed by atoms with Crippen molar-refractivity contribution in [1.82, 2.24) is 9.97 Å². The van der Waals surface area contributed by atoms with Gasteiger partial charge in [0.2, 0.25) is 0 Å². The lowest BCUT2D eigenvalue weighted by Crippen LogP contribution is -1.98. The topological polar surface area (TPSA) is 49.6 Å². The zero-order valence-corrected chi connectivity index (χ0v) is 12.9. The molecule has 0 spiro atoms. The van der Waals surface area contributed by atoms with Gasteiger partial charge >= 0.3 is 0 Å². The van der Waals surface area contributed by atoms with E-state index in [1.54, 1.807) is 6.20 Å². The minimum atomic E-state index is 0.617. The summed E-state index contributed by atoms with van der Waals surface area (Å²) in [6, 6.07) is 8.35. The molecular formula is C18H19N3. The SMILES string of the molecule is CCC(=C(C#N)c1ncc(C)cc1C)c1ccc(C)cn1. The highest BCUT2D eigenvalue weighted by Gasteiger charge is 2.14. The van der Waals surface area contributed by atoms with E-state index in [4.69, 9.17) is 0 Å². The summed E-state index contributed by atoms with van der Waals surface area (Å²) in [6.45, 7) is 8.03. The predicted molar refractivity (Wildman–Crippen MR) is 85.4 cm³/mol. The van der Waals surface area contributed by atoms with E-state index in [1.807, 2.05) is 46.0 Å². The summed E-state index contributed by atoms with van der Waals surface area (Å²) in [7, 11) is 0. The number of hydrogen-bond donors (Lipinski definition) is 0. The maximum Gasteiger partial charge on any atom is 0.102 e. The van der Waals surface area contributed by atoms with Gasteiger partial charge in [-0.25, -0.2) is 0 Å². The van der Waals surface area contributed by atoms with Crippen molar-refractivity contribution in [1.29, 1.82) is 5.26 Å². The van der Waals surface area contributed by atoms with Crippen LogP contribution in [0.5, 0.6) is 0 Å². The van der Waals surface area contributed by atoms with Crippen LogP contribution in [0.4, 0.5) is 0 Å². The van der Waals surface area contributed by atoms with Crippen molar-refractivity contribution in [2.75, 3.05) is 0 Å². The Kier molecular flexibility index (Phi) is 4.49. The summed E-state index contributed by atoms with van der Waals surface area (Å²) >= 11 is 0. The highest BCUT2D eigenvalue weighted by atomic mass is 14.7. The van der Waals surface area contributed by atoms with Crippen molar-refractivity contribution in [3.63, 3.8) is 0 Å². The van der Waals surface area contributed by atoms with Gasteiger partial charge in [0.05, 0.1) is 17.0 Å². The maximum atomic E-state index is 9.61. The third-order valence-electron chi connectivity index (χ3n) is 3.44. The summed E-state index contributed by atoms with van der Waals surface area (Å²) in [5, 5.41) is 9.61. The molecular weight excluding hydrogens is 258 g/mol. The van der Waals surface area contributed by atoms with E-state index in [2.05, 4.69) is 22.1 Å². The summed E-state index contributed by atoms with van der Waals surface area (Å²) in [5.74, 6) is 0. The normalized spacial score (nSPS) is 11.8. The summed E-state index contributed by atoms with van der Waals surface area (Å²) in [6.07, 6.45) is 4.37. The Bertz CT molecular complexity index is 719. The standard InChI is InChI=1S/C18H19N3/c1-5-15(17-7-6-12(2)10-20-17)16(9-19)18-14(4)8-13(3)11-21-18/h6-8,10-11H,5H2,1-4H3. The van der Waals surface area contributed by atoms with Crippen molar-refractivity contribution < 1.29 is 0 Å². The second-order valence-corrected chi connectivity index (χ2v) is 5.22. The highest BCUT2D eigenvalue weighted by Crippen LogP contribution is 2.28. The molecule has 0 aliphatic rings. The van der Waals surface area contributed by atoms with E-state index in [0.717, 1.165) is 40.1 Å². The van der Waals surface area contributed by atoms with Crippen LogP contribution in [0.25, 0.3) is 11.1 Å². The molecule has 2 aromatic rings. The van der Waals surface area contributed by atoms with Crippen LogP contribution in [0.1, 0.15) is 41.4 Å². The van der Waals surface area contributed by atoms with E-state index < -0.39 is 0 Å². The van der Waals surface area contributed by atoms with Gasteiger partial charge in [-0.2, -0.15) is 5.26 Å². The van der Waals surface area contributed by atoms with Gasteiger partial charge in [-0.05, 0) is 55.5 Å². The Hall–Kier alpha value is -2.47. The molecule has 0 radical (unpaired) electrons. The van der Waals surface area contributed by atoms with E-state index >= 15 is 0 Å². The Morgan fingerprint density at radius 3 is 2.33 bits per heavy atom. The number of aromatic nitrogens is 2. The van der Waals surface area contributed by atoms with Gasteiger partial charge in [-0.1, -0.05) is 19.1 Å². The van der Waals surface area contributed by atoms with Gasteiger partial charge < -0.3 is 0 Å². The van der Waals surface area contributed by atoms with Crippen LogP contribution in [0.3, 0.4) is 0 Å². The molecule has 0 aliphatic carbocycles. The van der Waals surface area contributed by atoms with Gasteiger partial charge in [0.1, 0.15) is 6.07 Å². The maximum absolute atomic E-state index is 9.61. The first-order chi connectivity index (χ1) is 10.1. The van der Waals surface area contributed by atoms with Crippen molar-refractivity contribution in [3.8, 4) is 6.07 Å². The molecule has 2 rings (SSSR count). The number of rotatable bonds is 3. The molecule has 0 bridgehead atoms. The molecule has 0 aromatic carbocycles. The lowest BCUT2D eigenvalue weighted by atomic mass is 9.97. The Morgan fingerprint density at radius 1 is 1.10 bits per heavy atom. The van der Waals surface area contributed by atoms with Gasteiger partial charge in [0.25, 0.3) is 0 Å². The van der Waals surface area contributed by atoms with Crippen molar-refractivity contribution in [2.45, 2.75) is 34.1 Å². The second kappa shape index (κ2) is 6.32. The summed E-state index contributed by atoms with van der Waals surface area (Å²) in [4.78, 5) is 8.91. The largest absolute Gasteiger partial charge is 0.256 e. The highest BCUT2D eigenvalue weighted by molar-refractivity contribution is 5.96. The molecule has 2 aromatic heterocycles. The molecule has 0 unspecified atom stereocenters. The Labute approximate surface area is 126 Å². The Morgan fingerprint density at radius 2 is 1.81 bits per heavy atom. The van der Waals surface area contributed by atoms with E-state index in [9.17, 15) is 5.26 Å². The molecule has 0 amide bonds. The average molecular weight is 277 g/mol. The quantitative estimate of drug-likeness (QED) is 0.788. The lowest BCUT2D eigenvalue weighted by molar-refractivity contribution is 1.14. The fraction of sp³-hybridized carbons (Fsp3) is 0.278. The van der Waals surface area contributed by atoms with Crippen molar-refractivity contribution in [2.24, 2.45) is 0 Å². The molecule has 0 atom stereocenters. The third kappa shape index (κ3) is 3.17. The fourth-order valence-corrected chi connectivity index (χ4v) is 2.37. The molecule has 0 fully saturated rings. The fourth-order valence-electron chi connectivity index (χ4n) is 2.37. The van der Waals surface area contributed by atoms with Crippen LogP contribution >= 0.6 is 0 Å². The van der Waals surface area contributed by atoms with Gasteiger partial charge in [0.15, 0.2) is 0 Å². The molecule has 0 saturated carbocycles. The molecule has 21 heavy (non-hydrogen) atoms. The van der Waals surface area contributed by atoms with Crippen LogP contribution in [0, 0.1) is 32.1 Å². The predicted octanol–water partition coefficient (Wildman–Crippen LogP) is 4.25. The lowest BCUT2D eigenvalue weighted by Gasteiger charge is -2.10. The summed E-state index contributed by atoms with van der Waals surface area (Å²) in [5.41, 5.74) is 6.38. The van der Waals surface area contributed by atoms with E-state index in [-0.39, 0.29) is 0 Å². The number of pyridine rings is 2. The van der Waals surface area contributed by atoms with Crippen LogP contribution < -0.4 is 0 Å². The van der Waals surface area contributed by atoms with Crippen molar-refractivity contribution >= 4 is 11.1 Å². The minimum absolute atomic E-state index is 0.617. The van der Waals surface area contributed by atoms with Crippen LogP contribution in [-0.4, -0.2) is 9.97 Å². The Balaban J connectivity index is 2.64. The minimum Gasteiger partial charge on any atom is -0.256 e. The third-order valence-corrected chi connectivity index (χ3v) is 3.44. The number of hydrogen-bond acceptors (Lipinski definition) is 3. The number of allylic oxidation sites excluding steroid dienone is 2. The molecule has 3 nitrogen and oxygen atoms in total. The smallest absolute Gasteiger partial charge is 0.102 e. The molecule has 0 saturated heterocycles. The molecule has 0 N–H and O–H groups in total.